The Morgan fingerprint density at radius 2 is 1.96 bits per heavy atom. The van der Waals surface area contributed by atoms with Crippen LogP contribution >= 0.6 is 11.8 Å². The first-order valence-electron chi connectivity index (χ1n) is 8.42. The molecule has 26 heavy (non-hydrogen) atoms. The third-order valence-electron chi connectivity index (χ3n) is 4.13. The molecule has 2 aliphatic heterocycles. The Labute approximate surface area is 154 Å². The second-order valence-corrected chi connectivity index (χ2v) is 7.06. The van der Waals surface area contributed by atoms with Crippen LogP contribution < -0.4 is 15.9 Å². The fourth-order valence-electron chi connectivity index (χ4n) is 2.94. The molecule has 0 unspecified atom stereocenters. The molecule has 0 saturated heterocycles. The van der Waals surface area contributed by atoms with E-state index in [4.69, 9.17) is 4.99 Å². The highest BCUT2D eigenvalue weighted by atomic mass is 32.2. The van der Waals surface area contributed by atoms with Crippen LogP contribution in [0.4, 0.5) is 4.39 Å². The quantitative estimate of drug-likeness (QED) is 0.903. The lowest BCUT2D eigenvalue weighted by molar-refractivity contribution is -0.116. The summed E-state index contributed by atoms with van der Waals surface area (Å²) >= 11 is 1.50. The van der Waals surface area contributed by atoms with Gasteiger partial charge in [0.25, 0.3) is 5.91 Å². The van der Waals surface area contributed by atoms with E-state index in [1.807, 2.05) is 24.3 Å². The van der Waals surface area contributed by atoms with E-state index in [1.54, 1.807) is 17.1 Å². The van der Waals surface area contributed by atoms with Crippen LogP contribution in [-0.2, 0) is 4.79 Å². The fraction of sp³-hybridized carbons (Fsp3) is 0.211. The molecule has 0 saturated carbocycles. The number of rotatable bonds is 3. The van der Waals surface area contributed by atoms with Gasteiger partial charge in [-0.25, -0.2) is 9.40 Å². The molecule has 132 valence electrons. The van der Waals surface area contributed by atoms with Gasteiger partial charge in [-0.1, -0.05) is 49.0 Å². The summed E-state index contributed by atoms with van der Waals surface area (Å²) in [6.45, 7) is 2.07. The number of fused-ring (bicyclic) bond motifs is 2. The molecule has 0 spiro atoms. The number of carbonyl (C=O) groups excluding carboxylic acids is 1. The number of amidine groups is 1. The SMILES string of the molecule is CCCSC1=NN2C(=c3ccccc3=N[C@H]2c2ccc(F)cc2)C(=O)N1. The summed E-state index contributed by atoms with van der Waals surface area (Å²) in [6.07, 6.45) is 0.467. The predicted octanol–water partition coefficient (Wildman–Crippen LogP) is 2.11. The number of carbonyl (C=O) groups is 1. The maximum Gasteiger partial charge on any atom is 0.276 e. The van der Waals surface area contributed by atoms with Gasteiger partial charge >= 0.3 is 0 Å². The lowest BCUT2D eigenvalue weighted by atomic mass is 10.1. The lowest BCUT2D eigenvalue weighted by Crippen LogP contribution is -2.50. The van der Waals surface area contributed by atoms with Crippen molar-refractivity contribution in [3.05, 3.63) is 70.5 Å². The summed E-state index contributed by atoms with van der Waals surface area (Å²) in [5.74, 6) is 0.346. The predicted molar refractivity (Wildman–Crippen MR) is 99.9 cm³/mol. The highest BCUT2D eigenvalue weighted by Crippen LogP contribution is 2.30. The zero-order chi connectivity index (χ0) is 18.1. The summed E-state index contributed by atoms with van der Waals surface area (Å²) in [7, 11) is 0. The normalized spacial score (nSPS) is 18.5. The van der Waals surface area contributed by atoms with E-state index in [0.717, 1.165) is 28.3 Å². The molecule has 7 heteroatoms. The maximum absolute atomic E-state index is 13.3. The molecule has 0 fully saturated rings. The molecule has 0 bridgehead atoms. The summed E-state index contributed by atoms with van der Waals surface area (Å²) in [5, 5.41) is 11.2. The van der Waals surface area contributed by atoms with Crippen LogP contribution in [0.15, 0.2) is 58.6 Å². The molecule has 2 heterocycles. The number of thioether (sulfide) groups is 1. The molecule has 1 amide bonds. The van der Waals surface area contributed by atoms with Crippen LogP contribution in [0.2, 0.25) is 0 Å². The molecule has 2 aromatic carbocycles. The van der Waals surface area contributed by atoms with Crippen LogP contribution in [0.5, 0.6) is 0 Å². The van der Waals surface area contributed by atoms with Gasteiger partial charge in [-0.2, -0.15) is 0 Å². The Kier molecular flexibility index (Phi) is 4.46. The van der Waals surface area contributed by atoms with Crippen LogP contribution in [0.3, 0.4) is 0 Å². The second-order valence-electron chi connectivity index (χ2n) is 5.97. The average molecular weight is 368 g/mol. The molecule has 2 aromatic rings. The number of hydrogen-bond acceptors (Lipinski definition) is 5. The molecule has 0 radical (unpaired) electrons. The Hall–Kier alpha value is -2.67. The number of halogens is 1. The topological polar surface area (TPSA) is 57.1 Å². The first-order valence-corrected chi connectivity index (χ1v) is 9.40. The van der Waals surface area contributed by atoms with Crippen LogP contribution in [0, 0.1) is 5.82 Å². The fourth-order valence-corrected chi connectivity index (χ4v) is 3.65. The van der Waals surface area contributed by atoms with Gasteiger partial charge < -0.3 is 0 Å². The Morgan fingerprint density at radius 1 is 1.19 bits per heavy atom. The third kappa shape index (κ3) is 2.99. The molecule has 0 aromatic heterocycles. The monoisotopic (exact) mass is 368 g/mol. The van der Waals surface area contributed by atoms with Gasteiger partial charge in [0.15, 0.2) is 11.3 Å². The minimum absolute atomic E-state index is 0.201. The van der Waals surface area contributed by atoms with Gasteiger partial charge in [0.1, 0.15) is 11.5 Å². The van der Waals surface area contributed by atoms with Crippen molar-refractivity contribution in [2.45, 2.75) is 19.5 Å². The third-order valence-corrected chi connectivity index (χ3v) is 5.20. The first kappa shape index (κ1) is 16.8. The number of nitrogens with zero attached hydrogens (tertiary/aromatic N) is 3. The van der Waals surface area contributed by atoms with Gasteiger partial charge in [0, 0.05) is 11.0 Å². The number of benzene rings is 2. The van der Waals surface area contributed by atoms with Crippen LogP contribution in [0.25, 0.3) is 5.70 Å². The van der Waals surface area contributed by atoms with Gasteiger partial charge in [-0.15, -0.1) is 5.10 Å². The first-order chi connectivity index (χ1) is 12.7. The summed E-state index contributed by atoms with van der Waals surface area (Å²) < 4.78 is 13.3. The molecule has 1 N–H and O–H groups in total. The van der Waals surface area contributed by atoms with Crippen molar-refractivity contribution in [1.82, 2.24) is 10.3 Å². The zero-order valence-electron chi connectivity index (χ0n) is 14.1. The molecule has 5 nitrogen and oxygen atoms in total. The smallest absolute Gasteiger partial charge is 0.276 e. The van der Waals surface area contributed by atoms with Crippen molar-refractivity contribution in [2.75, 3.05) is 5.75 Å². The largest absolute Gasteiger partial charge is 0.298 e. The van der Waals surface area contributed by atoms with E-state index in [1.165, 1.54) is 23.9 Å². The van der Waals surface area contributed by atoms with Crippen molar-refractivity contribution >= 4 is 28.5 Å². The second kappa shape index (κ2) is 6.92. The average Bonchev–Trinajstić information content (AvgIpc) is 2.66. The number of nitrogens with one attached hydrogen (secondary N) is 1. The van der Waals surface area contributed by atoms with Crippen molar-refractivity contribution in [2.24, 2.45) is 10.1 Å². The molecule has 0 aliphatic carbocycles. The van der Waals surface area contributed by atoms with Gasteiger partial charge in [-0.05, 0) is 30.2 Å². The van der Waals surface area contributed by atoms with Crippen molar-refractivity contribution < 1.29 is 9.18 Å². The highest BCUT2D eigenvalue weighted by Gasteiger charge is 2.34. The summed E-state index contributed by atoms with van der Waals surface area (Å²) in [6, 6.07) is 13.6. The van der Waals surface area contributed by atoms with Gasteiger partial charge in [-0.3, -0.25) is 15.1 Å². The van der Waals surface area contributed by atoms with Gasteiger partial charge in [0.2, 0.25) is 0 Å². The Morgan fingerprint density at radius 3 is 2.73 bits per heavy atom. The Bertz CT molecular complexity index is 1000. The van der Waals surface area contributed by atoms with Crippen LogP contribution in [0.1, 0.15) is 25.1 Å². The summed E-state index contributed by atoms with van der Waals surface area (Å²) in [5.41, 5.74) is 1.24. The Balaban J connectivity index is 1.89. The minimum atomic E-state index is -0.510. The molecule has 1 atom stereocenters. The van der Waals surface area contributed by atoms with E-state index in [2.05, 4.69) is 17.3 Å². The number of hydrazone groups is 1. The van der Waals surface area contributed by atoms with E-state index in [9.17, 15) is 9.18 Å². The minimum Gasteiger partial charge on any atom is -0.298 e. The van der Waals surface area contributed by atoms with Crippen molar-refractivity contribution in [1.29, 1.82) is 0 Å². The lowest BCUT2D eigenvalue weighted by Gasteiger charge is -2.34. The van der Waals surface area contributed by atoms with E-state index < -0.39 is 6.17 Å². The molecular formula is C19H17FN4OS. The standard InChI is InChI=1S/C19H17FN4OS/c1-2-11-26-19-22-18(25)16-14-5-3-4-6-15(14)21-17(24(16)23-19)12-7-9-13(20)10-8-12/h3-10,17H,2,11H2,1H3,(H,22,23,25)/t17-/m1/s1. The van der Waals surface area contributed by atoms with E-state index in [-0.39, 0.29) is 11.7 Å². The van der Waals surface area contributed by atoms with Crippen molar-refractivity contribution in [3.63, 3.8) is 0 Å². The van der Waals surface area contributed by atoms with Gasteiger partial charge in [0.05, 0.1) is 5.36 Å². The van der Waals surface area contributed by atoms with Crippen LogP contribution in [-0.4, -0.2) is 21.8 Å². The highest BCUT2D eigenvalue weighted by molar-refractivity contribution is 8.13. The molecule has 2 aliphatic rings. The molecular weight excluding hydrogens is 351 g/mol. The summed E-state index contributed by atoms with van der Waals surface area (Å²) in [4.78, 5) is 17.6. The zero-order valence-corrected chi connectivity index (χ0v) is 15.0. The van der Waals surface area contributed by atoms with E-state index >= 15 is 0 Å². The number of para-hydroxylation sites is 1. The van der Waals surface area contributed by atoms with Crippen molar-refractivity contribution in [3.8, 4) is 0 Å². The van der Waals surface area contributed by atoms with E-state index in [0.29, 0.717) is 10.9 Å². The number of hydrogen-bond donors (Lipinski definition) is 1. The molecule has 4 rings (SSSR count). The number of amides is 1. The maximum atomic E-state index is 13.3.